The molecule has 0 bridgehead atoms. The highest BCUT2D eigenvalue weighted by Gasteiger charge is 2.26. The van der Waals surface area contributed by atoms with E-state index in [4.69, 9.17) is 5.11 Å². The number of carboxylic acid groups (broad SMARTS) is 1. The lowest BCUT2D eigenvalue weighted by atomic mass is 10.1. The molecule has 1 atom stereocenters. The lowest BCUT2D eigenvalue weighted by Gasteiger charge is -2.19. The standard InChI is InChI=1S/C14H17N3O4/c1-8(12(18)15-2)16-14(21)17-6-10-4-3-9(13(19)20)5-11(10)7-17/h3-5,8H,6-7H2,1-2H3,(H,15,18)(H,16,21)(H,19,20). The van der Waals surface area contributed by atoms with Crippen molar-refractivity contribution in [2.75, 3.05) is 7.05 Å². The topological polar surface area (TPSA) is 98.7 Å². The number of nitrogens with one attached hydrogen (secondary N) is 2. The van der Waals surface area contributed by atoms with Gasteiger partial charge in [0, 0.05) is 20.1 Å². The zero-order chi connectivity index (χ0) is 15.6. The van der Waals surface area contributed by atoms with E-state index in [2.05, 4.69) is 10.6 Å². The Morgan fingerprint density at radius 1 is 1.24 bits per heavy atom. The van der Waals surface area contributed by atoms with Crippen LogP contribution in [0.5, 0.6) is 0 Å². The maximum absolute atomic E-state index is 12.1. The van der Waals surface area contributed by atoms with Crippen LogP contribution in [0.4, 0.5) is 4.79 Å². The van der Waals surface area contributed by atoms with Crippen LogP contribution >= 0.6 is 0 Å². The number of aromatic carboxylic acids is 1. The number of amides is 3. The SMILES string of the molecule is CNC(=O)C(C)NC(=O)N1Cc2ccc(C(=O)O)cc2C1. The summed E-state index contributed by atoms with van der Waals surface area (Å²) in [5.41, 5.74) is 1.94. The predicted octanol–water partition coefficient (Wildman–Crippen LogP) is 0.544. The molecule has 1 heterocycles. The van der Waals surface area contributed by atoms with Crippen molar-refractivity contribution in [2.45, 2.75) is 26.1 Å². The number of likely N-dealkylation sites (N-methyl/N-ethyl adjacent to an activating group) is 1. The predicted molar refractivity (Wildman–Crippen MR) is 74.7 cm³/mol. The van der Waals surface area contributed by atoms with Gasteiger partial charge in [-0.2, -0.15) is 0 Å². The Balaban J connectivity index is 2.04. The molecule has 7 nitrogen and oxygen atoms in total. The number of carbonyl (C=O) groups is 3. The number of urea groups is 1. The molecule has 1 aromatic rings. The fraction of sp³-hybridized carbons (Fsp3) is 0.357. The molecule has 0 spiro atoms. The Morgan fingerprint density at radius 3 is 2.52 bits per heavy atom. The summed E-state index contributed by atoms with van der Waals surface area (Å²) in [5.74, 6) is -1.26. The molecule has 21 heavy (non-hydrogen) atoms. The van der Waals surface area contributed by atoms with Crippen molar-refractivity contribution in [1.29, 1.82) is 0 Å². The van der Waals surface area contributed by atoms with Crippen molar-refractivity contribution in [3.63, 3.8) is 0 Å². The van der Waals surface area contributed by atoms with Crippen LogP contribution < -0.4 is 10.6 Å². The first-order valence-electron chi connectivity index (χ1n) is 6.54. The maximum atomic E-state index is 12.1. The monoisotopic (exact) mass is 291 g/mol. The number of carbonyl (C=O) groups excluding carboxylic acids is 2. The molecule has 0 aromatic heterocycles. The molecule has 0 fully saturated rings. The number of rotatable bonds is 3. The van der Waals surface area contributed by atoms with Crippen molar-refractivity contribution in [3.05, 3.63) is 34.9 Å². The summed E-state index contributed by atoms with van der Waals surface area (Å²) in [6.45, 7) is 2.34. The minimum atomic E-state index is -0.992. The number of nitrogens with zero attached hydrogens (tertiary/aromatic N) is 1. The highest BCUT2D eigenvalue weighted by atomic mass is 16.4. The minimum absolute atomic E-state index is 0.203. The van der Waals surface area contributed by atoms with E-state index < -0.39 is 12.0 Å². The van der Waals surface area contributed by atoms with Crippen LogP contribution in [0.3, 0.4) is 0 Å². The molecule has 0 saturated carbocycles. The molecule has 1 aliphatic heterocycles. The van der Waals surface area contributed by atoms with Gasteiger partial charge in [0.05, 0.1) is 5.56 Å². The van der Waals surface area contributed by atoms with E-state index in [9.17, 15) is 14.4 Å². The van der Waals surface area contributed by atoms with Crippen molar-refractivity contribution in [3.8, 4) is 0 Å². The van der Waals surface area contributed by atoms with Gasteiger partial charge in [-0.3, -0.25) is 4.79 Å². The summed E-state index contributed by atoms with van der Waals surface area (Å²) in [7, 11) is 1.50. The fourth-order valence-electron chi connectivity index (χ4n) is 2.23. The van der Waals surface area contributed by atoms with Gasteiger partial charge in [-0.05, 0) is 30.2 Å². The summed E-state index contributed by atoms with van der Waals surface area (Å²) in [6.07, 6.45) is 0. The van der Waals surface area contributed by atoms with Crippen LogP contribution in [0, 0.1) is 0 Å². The van der Waals surface area contributed by atoms with Gasteiger partial charge in [0.25, 0.3) is 0 Å². The van der Waals surface area contributed by atoms with Gasteiger partial charge in [0.15, 0.2) is 0 Å². The summed E-state index contributed by atoms with van der Waals surface area (Å²) in [4.78, 5) is 35.9. The molecule has 3 N–H and O–H groups in total. The average Bonchev–Trinajstić information content (AvgIpc) is 2.89. The van der Waals surface area contributed by atoms with Crippen LogP contribution in [0.15, 0.2) is 18.2 Å². The lowest BCUT2D eigenvalue weighted by molar-refractivity contribution is -0.122. The Bertz CT molecular complexity index is 600. The zero-order valence-corrected chi connectivity index (χ0v) is 11.8. The molecule has 3 amide bonds. The Kier molecular flexibility index (Phi) is 4.11. The van der Waals surface area contributed by atoms with Gasteiger partial charge < -0.3 is 20.6 Å². The van der Waals surface area contributed by atoms with Crippen molar-refractivity contribution >= 4 is 17.9 Å². The van der Waals surface area contributed by atoms with Crippen LogP contribution in [0.2, 0.25) is 0 Å². The van der Waals surface area contributed by atoms with Crippen LogP contribution in [-0.4, -0.2) is 41.0 Å². The molecular formula is C14H17N3O4. The highest BCUT2D eigenvalue weighted by molar-refractivity contribution is 5.88. The lowest BCUT2D eigenvalue weighted by Crippen LogP contribution is -2.47. The van der Waals surface area contributed by atoms with E-state index in [1.165, 1.54) is 18.0 Å². The average molecular weight is 291 g/mol. The van der Waals surface area contributed by atoms with Gasteiger partial charge in [-0.15, -0.1) is 0 Å². The third kappa shape index (κ3) is 3.13. The normalized spacial score (nSPS) is 14.3. The number of hydrogen-bond donors (Lipinski definition) is 3. The summed E-state index contributed by atoms with van der Waals surface area (Å²) < 4.78 is 0. The van der Waals surface area contributed by atoms with Gasteiger partial charge in [0.2, 0.25) is 5.91 Å². The quantitative estimate of drug-likeness (QED) is 0.757. The van der Waals surface area contributed by atoms with E-state index in [-0.39, 0.29) is 17.5 Å². The fourth-order valence-corrected chi connectivity index (χ4v) is 2.23. The molecule has 112 valence electrons. The van der Waals surface area contributed by atoms with E-state index in [1.54, 1.807) is 19.1 Å². The third-order valence-corrected chi connectivity index (χ3v) is 3.44. The van der Waals surface area contributed by atoms with Gasteiger partial charge in [0.1, 0.15) is 6.04 Å². The Hall–Kier alpha value is -2.57. The molecule has 2 rings (SSSR count). The van der Waals surface area contributed by atoms with Gasteiger partial charge >= 0.3 is 12.0 Å². The molecule has 1 aromatic carbocycles. The first-order valence-corrected chi connectivity index (χ1v) is 6.54. The number of benzene rings is 1. The van der Waals surface area contributed by atoms with Gasteiger partial charge in [-0.25, -0.2) is 9.59 Å². The van der Waals surface area contributed by atoms with Crippen LogP contribution in [0.1, 0.15) is 28.4 Å². The molecular weight excluding hydrogens is 274 g/mol. The highest BCUT2D eigenvalue weighted by Crippen LogP contribution is 2.23. The largest absolute Gasteiger partial charge is 0.478 e. The molecule has 0 saturated heterocycles. The minimum Gasteiger partial charge on any atom is -0.478 e. The van der Waals surface area contributed by atoms with Gasteiger partial charge in [-0.1, -0.05) is 6.07 Å². The van der Waals surface area contributed by atoms with Crippen molar-refractivity contribution in [1.82, 2.24) is 15.5 Å². The smallest absolute Gasteiger partial charge is 0.335 e. The number of carboxylic acids is 1. The number of hydrogen-bond acceptors (Lipinski definition) is 3. The summed E-state index contributed by atoms with van der Waals surface area (Å²) in [6, 6.07) is 3.84. The van der Waals surface area contributed by atoms with Crippen LogP contribution in [0.25, 0.3) is 0 Å². The first kappa shape index (κ1) is 14.8. The second-order valence-electron chi connectivity index (χ2n) is 4.93. The Morgan fingerprint density at radius 2 is 1.90 bits per heavy atom. The maximum Gasteiger partial charge on any atom is 0.335 e. The van der Waals surface area contributed by atoms with E-state index in [0.717, 1.165) is 11.1 Å². The molecule has 0 radical (unpaired) electrons. The van der Waals surface area contributed by atoms with E-state index >= 15 is 0 Å². The molecule has 1 unspecified atom stereocenters. The first-order chi connectivity index (χ1) is 9.92. The second-order valence-corrected chi connectivity index (χ2v) is 4.93. The van der Waals surface area contributed by atoms with Crippen molar-refractivity contribution < 1.29 is 19.5 Å². The summed E-state index contributed by atoms with van der Waals surface area (Å²) >= 11 is 0. The third-order valence-electron chi connectivity index (χ3n) is 3.44. The van der Waals surface area contributed by atoms with Crippen molar-refractivity contribution in [2.24, 2.45) is 0 Å². The molecule has 0 aliphatic carbocycles. The van der Waals surface area contributed by atoms with E-state index in [0.29, 0.717) is 13.1 Å². The molecule has 1 aliphatic rings. The second kappa shape index (κ2) is 5.82. The van der Waals surface area contributed by atoms with Crippen LogP contribution in [-0.2, 0) is 17.9 Å². The summed E-state index contributed by atoms with van der Waals surface area (Å²) in [5, 5.41) is 14.0. The van der Waals surface area contributed by atoms with E-state index in [1.807, 2.05) is 0 Å². The Labute approximate surface area is 121 Å². The molecule has 7 heteroatoms. The number of fused-ring (bicyclic) bond motifs is 1. The zero-order valence-electron chi connectivity index (χ0n) is 11.8.